The maximum Gasteiger partial charge on any atom is 0.271 e. The summed E-state index contributed by atoms with van der Waals surface area (Å²) in [6.07, 6.45) is 3.27. The number of benzene rings is 1. The quantitative estimate of drug-likeness (QED) is 0.748. The summed E-state index contributed by atoms with van der Waals surface area (Å²) >= 11 is 0. The van der Waals surface area contributed by atoms with E-state index in [9.17, 15) is 9.59 Å². The molecule has 27 heavy (non-hydrogen) atoms. The van der Waals surface area contributed by atoms with Gasteiger partial charge in [0, 0.05) is 16.7 Å². The van der Waals surface area contributed by atoms with Gasteiger partial charge in [-0.2, -0.15) is 5.10 Å². The Hall–Kier alpha value is -2.57. The molecule has 0 aliphatic heterocycles. The van der Waals surface area contributed by atoms with Crippen molar-refractivity contribution in [3.8, 4) is 11.5 Å². The number of hydrogen-bond donors (Lipinski definition) is 2. The van der Waals surface area contributed by atoms with E-state index in [-0.39, 0.29) is 23.3 Å². The van der Waals surface area contributed by atoms with Crippen LogP contribution in [0.25, 0.3) is 0 Å². The summed E-state index contributed by atoms with van der Waals surface area (Å²) in [7, 11) is 1.46. The third-order valence-corrected chi connectivity index (χ3v) is 6.60. The predicted molar refractivity (Wildman–Crippen MR) is 102 cm³/mol. The fourth-order valence-corrected chi connectivity index (χ4v) is 4.36. The highest BCUT2D eigenvalue weighted by atomic mass is 16.5. The largest absolute Gasteiger partial charge is 0.493 e. The number of amides is 2. The second-order valence-electron chi connectivity index (χ2n) is 8.11. The first-order valence-electron chi connectivity index (χ1n) is 9.15. The van der Waals surface area contributed by atoms with Gasteiger partial charge in [-0.1, -0.05) is 20.8 Å². The molecule has 146 valence electrons. The predicted octanol–water partition coefficient (Wildman–Crippen LogP) is 2.49. The molecule has 0 saturated heterocycles. The van der Waals surface area contributed by atoms with Crippen molar-refractivity contribution in [3.63, 3.8) is 0 Å². The molecule has 0 unspecified atom stereocenters. The molecule has 3 rings (SSSR count). The molecule has 2 aliphatic carbocycles. The van der Waals surface area contributed by atoms with Crippen LogP contribution in [0.3, 0.4) is 0 Å². The second-order valence-corrected chi connectivity index (χ2v) is 8.11. The van der Waals surface area contributed by atoms with Crippen molar-refractivity contribution < 1.29 is 19.1 Å². The third-order valence-electron chi connectivity index (χ3n) is 6.60. The van der Waals surface area contributed by atoms with Crippen molar-refractivity contribution in [2.75, 3.05) is 13.7 Å². The molecule has 2 saturated carbocycles. The number of fused-ring (bicyclic) bond motifs is 2. The standard InChI is InChI=1S/C20H27N3O4/c1-19(2)13-7-8-20(19,3)16(10-13)22-23-18(25)12-5-6-14(15(9-12)26-4)27-11-17(21)24/h5-6,9,13H,7-8,10-11H2,1-4H3,(H2,21,24)(H,23,25)/b22-16-/t13-,20-/m1/s1. The molecule has 1 aromatic carbocycles. The summed E-state index contributed by atoms with van der Waals surface area (Å²) in [6.45, 7) is 6.58. The van der Waals surface area contributed by atoms with Crippen LogP contribution in [0.4, 0.5) is 0 Å². The first-order valence-corrected chi connectivity index (χ1v) is 9.15. The maximum atomic E-state index is 12.5. The van der Waals surface area contributed by atoms with E-state index in [0.717, 1.165) is 18.6 Å². The Morgan fingerprint density at radius 2 is 2.04 bits per heavy atom. The van der Waals surface area contributed by atoms with Crippen LogP contribution >= 0.6 is 0 Å². The van der Waals surface area contributed by atoms with Gasteiger partial charge in [0.1, 0.15) is 0 Å². The van der Waals surface area contributed by atoms with Gasteiger partial charge in [0.25, 0.3) is 11.8 Å². The Morgan fingerprint density at radius 1 is 1.30 bits per heavy atom. The van der Waals surface area contributed by atoms with Gasteiger partial charge in [-0.25, -0.2) is 5.43 Å². The van der Waals surface area contributed by atoms with E-state index in [2.05, 4.69) is 31.3 Å². The molecule has 2 amide bonds. The zero-order valence-corrected chi connectivity index (χ0v) is 16.3. The Labute approximate surface area is 159 Å². The highest BCUT2D eigenvalue weighted by Crippen LogP contribution is 2.63. The van der Waals surface area contributed by atoms with Crippen LogP contribution < -0.4 is 20.6 Å². The van der Waals surface area contributed by atoms with Crippen molar-refractivity contribution in [1.29, 1.82) is 0 Å². The zero-order valence-electron chi connectivity index (χ0n) is 16.3. The number of primary amides is 1. The summed E-state index contributed by atoms with van der Waals surface area (Å²) in [4.78, 5) is 23.4. The highest BCUT2D eigenvalue weighted by molar-refractivity contribution is 5.98. The van der Waals surface area contributed by atoms with Gasteiger partial charge in [-0.05, 0) is 48.8 Å². The van der Waals surface area contributed by atoms with Crippen LogP contribution in [0.15, 0.2) is 23.3 Å². The van der Waals surface area contributed by atoms with Crippen molar-refractivity contribution in [2.45, 2.75) is 40.0 Å². The molecule has 2 bridgehead atoms. The summed E-state index contributed by atoms with van der Waals surface area (Å²) < 4.78 is 10.5. The average Bonchev–Trinajstić information content (AvgIpc) is 2.97. The van der Waals surface area contributed by atoms with Gasteiger partial charge in [-0.3, -0.25) is 9.59 Å². The van der Waals surface area contributed by atoms with Crippen molar-refractivity contribution in [1.82, 2.24) is 5.43 Å². The average molecular weight is 373 g/mol. The summed E-state index contributed by atoms with van der Waals surface area (Å²) in [5.41, 5.74) is 9.49. The minimum absolute atomic E-state index is 0.0368. The normalized spacial score (nSPS) is 26.8. The van der Waals surface area contributed by atoms with Crippen LogP contribution in [-0.2, 0) is 4.79 Å². The SMILES string of the molecule is COc1cc(C(=O)N/N=C2/C[C@H]3CC[C@@]2(C)C3(C)C)ccc1OCC(N)=O. The molecule has 1 aromatic rings. The maximum absolute atomic E-state index is 12.5. The van der Waals surface area contributed by atoms with Crippen molar-refractivity contribution in [3.05, 3.63) is 23.8 Å². The van der Waals surface area contributed by atoms with Gasteiger partial charge >= 0.3 is 0 Å². The molecule has 2 atom stereocenters. The Kier molecular flexibility index (Phi) is 4.88. The van der Waals surface area contributed by atoms with Gasteiger partial charge < -0.3 is 15.2 Å². The summed E-state index contributed by atoms with van der Waals surface area (Å²) in [5, 5.41) is 4.47. The molecule has 2 aliphatic rings. The van der Waals surface area contributed by atoms with E-state index in [1.807, 2.05) is 0 Å². The number of hydrazone groups is 1. The van der Waals surface area contributed by atoms with Gasteiger partial charge in [0.2, 0.25) is 0 Å². The number of rotatable bonds is 6. The third kappa shape index (κ3) is 3.26. The van der Waals surface area contributed by atoms with E-state index in [1.165, 1.54) is 13.5 Å². The molecular weight excluding hydrogens is 346 g/mol. The van der Waals surface area contributed by atoms with Crippen LogP contribution in [0.1, 0.15) is 50.4 Å². The van der Waals surface area contributed by atoms with Crippen molar-refractivity contribution in [2.24, 2.45) is 27.6 Å². The van der Waals surface area contributed by atoms with Crippen LogP contribution in [-0.4, -0.2) is 31.2 Å². The van der Waals surface area contributed by atoms with Crippen LogP contribution in [0, 0.1) is 16.7 Å². The number of carbonyl (C=O) groups is 2. The molecular formula is C20H27N3O4. The smallest absolute Gasteiger partial charge is 0.271 e. The number of carbonyl (C=O) groups excluding carboxylic acids is 2. The lowest BCUT2D eigenvalue weighted by Crippen LogP contribution is -2.34. The first kappa shape index (κ1) is 19.2. The second kappa shape index (κ2) is 6.87. The van der Waals surface area contributed by atoms with E-state index < -0.39 is 5.91 Å². The molecule has 7 nitrogen and oxygen atoms in total. The topological polar surface area (TPSA) is 103 Å². The lowest BCUT2D eigenvalue weighted by Gasteiger charge is -2.34. The van der Waals surface area contributed by atoms with E-state index in [0.29, 0.717) is 23.0 Å². The van der Waals surface area contributed by atoms with Crippen LogP contribution in [0.2, 0.25) is 0 Å². The fraction of sp³-hybridized carbons (Fsp3) is 0.550. The van der Waals surface area contributed by atoms with Gasteiger partial charge in [0.15, 0.2) is 18.1 Å². The highest BCUT2D eigenvalue weighted by Gasteiger charge is 2.60. The Balaban J connectivity index is 1.73. The molecule has 2 fully saturated rings. The number of methoxy groups -OCH3 is 1. The zero-order chi connectivity index (χ0) is 19.8. The number of nitrogens with one attached hydrogen (secondary N) is 1. The van der Waals surface area contributed by atoms with Gasteiger partial charge in [-0.15, -0.1) is 0 Å². The fourth-order valence-electron chi connectivity index (χ4n) is 4.36. The minimum Gasteiger partial charge on any atom is -0.493 e. The lowest BCUT2D eigenvalue weighted by atomic mass is 9.70. The number of nitrogens with two attached hydrogens (primary N) is 1. The lowest BCUT2D eigenvalue weighted by molar-refractivity contribution is -0.119. The van der Waals surface area contributed by atoms with E-state index >= 15 is 0 Å². The molecule has 0 spiro atoms. The number of nitrogens with zero attached hydrogens (tertiary/aromatic N) is 1. The Morgan fingerprint density at radius 3 is 2.59 bits per heavy atom. The molecule has 0 heterocycles. The summed E-state index contributed by atoms with van der Waals surface area (Å²) in [6, 6.07) is 4.73. The molecule has 0 aromatic heterocycles. The number of hydrogen-bond acceptors (Lipinski definition) is 5. The van der Waals surface area contributed by atoms with Crippen LogP contribution in [0.5, 0.6) is 11.5 Å². The molecule has 7 heteroatoms. The monoisotopic (exact) mass is 373 g/mol. The van der Waals surface area contributed by atoms with Crippen molar-refractivity contribution >= 4 is 17.5 Å². The van der Waals surface area contributed by atoms with Gasteiger partial charge in [0.05, 0.1) is 7.11 Å². The number of ether oxygens (including phenoxy) is 2. The van der Waals surface area contributed by atoms with E-state index in [4.69, 9.17) is 15.2 Å². The summed E-state index contributed by atoms with van der Waals surface area (Å²) in [5.74, 6) is 0.425. The molecule has 0 radical (unpaired) electrons. The molecule has 3 N–H and O–H groups in total. The first-order chi connectivity index (χ1) is 12.7. The van der Waals surface area contributed by atoms with E-state index in [1.54, 1.807) is 18.2 Å². The minimum atomic E-state index is -0.586. The Bertz CT molecular complexity index is 802.